The predicted octanol–water partition coefficient (Wildman–Crippen LogP) is 1.40. The molecule has 1 aromatic rings. The highest BCUT2D eigenvalue weighted by molar-refractivity contribution is 7.89. The van der Waals surface area contributed by atoms with Crippen LogP contribution in [0.3, 0.4) is 0 Å². The molecule has 1 rings (SSSR count). The van der Waals surface area contributed by atoms with Gasteiger partial charge in [-0.2, -0.15) is 0 Å². The molecule has 2 N–H and O–H groups in total. The summed E-state index contributed by atoms with van der Waals surface area (Å²) in [5.41, 5.74) is -1.08. The monoisotopic (exact) mass is 279 g/mol. The average molecular weight is 279 g/mol. The second-order valence-electron chi connectivity index (χ2n) is 4.25. The molecule has 0 saturated carbocycles. The van der Waals surface area contributed by atoms with Crippen LogP contribution in [0.4, 0.5) is 8.78 Å². The number of rotatable bonds is 5. The van der Waals surface area contributed by atoms with Crippen molar-refractivity contribution in [2.45, 2.75) is 30.7 Å². The molecule has 0 aromatic heterocycles. The predicted molar refractivity (Wildman–Crippen MR) is 62.5 cm³/mol. The lowest BCUT2D eigenvalue weighted by atomic mass is 10.0. The van der Waals surface area contributed by atoms with Gasteiger partial charge in [0.25, 0.3) is 0 Å². The van der Waals surface area contributed by atoms with Crippen LogP contribution in [0.5, 0.6) is 0 Å². The van der Waals surface area contributed by atoms with E-state index in [1.54, 1.807) is 6.92 Å². The van der Waals surface area contributed by atoms with Gasteiger partial charge in [0.15, 0.2) is 0 Å². The minimum absolute atomic E-state index is 0.325. The highest BCUT2D eigenvalue weighted by Gasteiger charge is 2.30. The number of nitrogens with one attached hydrogen (secondary N) is 1. The van der Waals surface area contributed by atoms with Gasteiger partial charge < -0.3 is 5.11 Å². The van der Waals surface area contributed by atoms with Gasteiger partial charge in [0.05, 0.1) is 12.1 Å². The van der Waals surface area contributed by atoms with E-state index in [9.17, 15) is 17.2 Å². The van der Waals surface area contributed by atoms with Gasteiger partial charge in [0.1, 0.15) is 16.5 Å². The smallest absolute Gasteiger partial charge is 0.244 e. The van der Waals surface area contributed by atoms with Crippen LogP contribution in [0.25, 0.3) is 0 Å². The summed E-state index contributed by atoms with van der Waals surface area (Å²) in [7, 11) is -4.14. The molecule has 0 fully saturated rings. The highest BCUT2D eigenvalue weighted by Crippen LogP contribution is 2.19. The van der Waals surface area contributed by atoms with E-state index in [4.69, 9.17) is 5.11 Å². The zero-order valence-electron chi connectivity index (χ0n) is 10.1. The van der Waals surface area contributed by atoms with Crippen LogP contribution in [-0.4, -0.2) is 25.7 Å². The van der Waals surface area contributed by atoms with Crippen molar-refractivity contribution in [1.82, 2.24) is 4.72 Å². The maximum Gasteiger partial charge on any atom is 0.244 e. The van der Waals surface area contributed by atoms with Crippen molar-refractivity contribution >= 4 is 10.0 Å². The number of benzene rings is 1. The van der Waals surface area contributed by atoms with Gasteiger partial charge in [-0.1, -0.05) is 6.92 Å². The molecule has 1 unspecified atom stereocenters. The van der Waals surface area contributed by atoms with Crippen molar-refractivity contribution in [3.8, 4) is 0 Å². The van der Waals surface area contributed by atoms with E-state index in [0.717, 1.165) is 12.1 Å². The molecule has 0 amide bonds. The average Bonchev–Trinajstić information content (AvgIpc) is 2.27. The van der Waals surface area contributed by atoms with E-state index in [1.165, 1.54) is 6.92 Å². The number of aliphatic hydroxyl groups excluding tert-OH is 1. The Morgan fingerprint density at radius 1 is 1.39 bits per heavy atom. The third-order valence-corrected chi connectivity index (χ3v) is 4.37. The molecule has 0 aliphatic rings. The molecule has 102 valence electrons. The van der Waals surface area contributed by atoms with Gasteiger partial charge in [-0.25, -0.2) is 21.9 Å². The van der Waals surface area contributed by atoms with Gasteiger partial charge in [0.2, 0.25) is 10.0 Å². The first kappa shape index (κ1) is 15.0. The zero-order chi connectivity index (χ0) is 14.0. The van der Waals surface area contributed by atoms with E-state index in [-0.39, 0.29) is 0 Å². The van der Waals surface area contributed by atoms with Gasteiger partial charge in [-0.05, 0) is 25.5 Å². The molecule has 4 nitrogen and oxygen atoms in total. The summed E-state index contributed by atoms with van der Waals surface area (Å²) in [5, 5.41) is 9.13. The quantitative estimate of drug-likeness (QED) is 0.856. The fraction of sp³-hybridized carbons (Fsp3) is 0.455. The molecule has 1 atom stereocenters. The van der Waals surface area contributed by atoms with E-state index in [1.807, 2.05) is 0 Å². The minimum Gasteiger partial charge on any atom is -0.394 e. The maximum atomic E-state index is 13.4. The van der Waals surface area contributed by atoms with Gasteiger partial charge in [-0.3, -0.25) is 0 Å². The highest BCUT2D eigenvalue weighted by atomic mass is 32.2. The third-order valence-electron chi connectivity index (χ3n) is 2.69. The molecule has 7 heteroatoms. The summed E-state index contributed by atoms with van der Waals surface area (Å²) in [6.07, 6.45) is 0.325. The summed E-state index contributed by atoms with van der Waals surface area (Å²) < 4.78 is 52.1. The lowest BCUT2D eigenvalue weighted by Crippen LogP contribution is -2.48. The Hall–Kier alpha value is -1.05. The molecular weight excluding hydrogens is 264 g/mol. The minimum atomic E-state index is -4.14. The molecular formula is C11H15F2NO3S. The Kier molecular flexibility index (Phi) is 4.41. The van der Waals surface area contributed by atoms with E-state index >= 15 is 0 Å². The van der Waals surface area contributed by atoms with Crippen LogP contribution in [0.15, 0.2) is 23.1 Å². The summed E-state index contributed by atoms with van der Waals surface area (Å²) in [4.78, 5) is -0.642. The maximum absolute atomic E-state index is 13.4. The Labute approximate surface area is 105 Å². The summed E-state index contributed by atoms with van der Waals surface area (Å²) in [6.45, 7) is 2.75. The van der Waals surface area contributed by atoms with Crippen LogP contribution in [0.1, 0.15) is 20.3 Å². The standard InChI is InChI=1S/C11H15F2NO3S/c1-3-11(2,7-15)14-18(16,17)10-5-4-8(12)6-9(10)13/h4-6,14-15H,3,7H2,1-2H3. The van der Waals surface area contributed by atoms with Crippen LogP contribution in [0.2, 0.25) is 0 Å². The molecule has 0 aliphatic heterocycles. The Bertz CT molecular complexity index is 527. The summed E-state index contributed by atoms with van der Waals surface area (Å²) in [6, 6.07) is 2.21. The summed E-state index contributed by atoms with van der Waals surface area (Å²) in [5.74, 6) is -2.02. The SMILES string of the molecule is CCC(C)(CO)NS(=O)(=O)c1ccc(F)cc1F. The topological polar surface area (TPSA) is 66.4 Å². The van der Waals surface area contributed by atoms with Gasteiger partial charge in [-0.15, -0.1) is 0 Å². The Morgan fingerprint density at radius 3 is 2.44 bits per heavy atom. The number of aliphatic hydroxyl groups is 1. The largest absolute Gasteiger partial charge is 0.394 e. The van der Waals surface area contributed by atoms with E-state index in [2.05, 4.69) is 4.72 Å². The lowest BCUT2D eigenvalue weighted by Gasteiger charge is -2.26. The van der Waals surface area contributed by atoms with Crippen molar-refractivity contribution in [2.24, 2.45) is 0 Å². The first-order valence-corrected chi connectivity index (χ1v) is 6.82. The molecule has 18 heavy (non-hydrogen) atoms. The molecule has 0 saturated heterocycles. The molecule has 0 bridgehead atoms. The number of hydrogen-bond acceptors (Lipinski definition) is 3. The van der Waals surface area contributed by atoms with E-state index in [0.29, 0.717) is 12.5 Å². The normalized spacial score (nSPS) is 15.4. The zero-order valence-corrected chi connectivity index (χ0v) is 10.9. The fourth-order valence-corrected chi connectivity index (χ4v) is 2.82. The second-order valence-corrected chi connectivity index (χ2v) is 5.90. The van der Waals surface area contributed by atoms with Crippen LogP contribution in [-0.2, 0) is 10.0 Å². The van der Waals surface area contributed by atoms with E-state index < -0.39 is 38.7 Å². The fourth-order valence-electron chi connectivity index (χ4n) is 1.29. The summed E-state index contributed by atoms with van der Waals surface area (Å²) >= 11 is 0. The van der Waals surface area contributed by atoms with Crippen molar-refractivity contribution in [1.29, 1.82) is 0 Å². The molecule has 0 radical (unpaired) electrons. The molecule has 0 aliphatic carbocycles. The van der Waals surface area contributed by atoms with Crippen LogP contribution < -0.4 is 4.72 Å². The Morgan fingerprint density at radius 2 is 2.00 bits per heavy atom. The lowest BCUT2D eigenvalue weighted by molar-refractivity contribution is 0.191. The Balaban J connectivity index is 3.15. The van der Waals surface area contributed by atoms with Crippen molar-refractivity contribution < 1.29 is 22.3 Å². The number of halogens is 2. The third kappa shape index (κ3) is 3.24. The van der Waals surface area contributed by atoms with Crippen molar-refractivity contribution in [3.63, 3.8) is 0 Å². The van der Waals surface area contributed by atoms with Crippen LogP contribution in [0, 0.1) is 11.6 Å². The van der Waals surface area contributed by atoms with Crippen LogP contribution >= 0.6 is 0 Å². The number of hydrogen-bond donors (Lipinski definition) is 2. The molecule has 1 aromatic carbocycles. The van der Waals surface area contributed by atoms with Gasteiger partial charge in [0, 0.05) is 6.07 Å². The number of sulfonamides is 1. The second kappa shape index (κ2) is 5.29. The molecule has 0 heterocycles. The molecule has 0 spiro atoms. The van der Waals surface area contributed by atoms with Gasteiger partial charge >= 0.3 is 0 Å². The van der Waals surface area contributed by atoms with Crippen molar-refractivity contribution in [2.75, 3.05) is 6.61 Å². The first-order chi connectivity index (χ1) is 8.24. The first-order valence-electron chi connectivity index (χ1n) is 5.34. The van der Waals surface area contributed by atoms with Crippen molar-refractivity contribution in [3.05, 3.63) is 29.8 Å².